The molecule has 0 bridgehead atoms. The molecule has 0 N–H and O–H groups in total. The highest BCUT2D eigenvalue weighted by Crippen LogP contribution is 2.20. The van der Waals surface area contributed by atoms with Gasteiger partial charge in [-0.2, -0.15) is 0 Å². The van der Waals surface area contributed by atoms with Gasteiger partial charge in [-0.1, -0.05) is 33.7 Å². The zero-order valence-electron chi connectivity index (χ0n) is 11.0. The molecule has 20 heavy (non-hydrogen) atoms. The largest absolute Gasteiger partial charge is 0.315 e. The molecular weight excluding hydrogens is 292 g/mol. The summed E-state index contributed by atoms with van der Waals surface area (Å²) in [6.45, 7) is 1.42. The minimum Gasteiger partial charge on any atom is -0.315 e. The van der Waals surface area contributed by atoms with E-state index in [-0.39, 0.29) is 11.1 Å². The zero-order chi connectivity index (χ0) is 14.2. The Hall–Kier alpha value is -1.40. The Kier molecular flexibility index (Phi) is 6.01. The number of hydrogen-bond donors (Lipinski definition) is 0. The standard InChI is InChI=1S/C14H16N2O2S2/c17-13-5-1-3-7-15(13)9-11-19-20-12-10-16-8-4-2-6-14(16)18/h1-8H,9-12H2. The minimum atomic E-state index is 0.0361. The lowest BCUT2D eigenvalue weighted by Crippen LogP contribution is -2.19. The molecule has 0 saturated carbocycles. The summed E-state index contributed by atoms with van der Waals surface area (Å²) in [6, 6.07) is 10.4. The Labute approximate surface area is 125 Å². The van der Waals surface area contributed by atoms with Gasteiger partial charge in [0.05, 0.1) is 0 Å². The van der Waals surface area contributed by atoms with Gasteiger partial charge in [-0.3, -0.25) is 9.59 Å². The molecule has 4 nitrogen and oxygen atoms in total. The summed E-state index contributed by atoms with van der Waals surface area (Å²) < 4.78 is 3.41. The van der Waals surface area contributed by atoms with Crippen LogP contribution in [0.15, 0.2) is 58.4 Å². The van der Waals surface area contributed by atoms with Crippen LogP contribution < -0.4 is 11.1 Å². The molecule has 0 aliphatic rings. The topological polar surface area (TPSA) is 44.0 Å². The summed E-state index contributed by atoms with van der Waals surface area (Å²) in [5.41, 5.74) is 0.0721. The summed E-state index contributed by atoms with van der Waals surface area (Å²) in [4.78, 5) is 22.9. The molecule has 6 heteroatoms. The fraction of sp³-hybridized carbons (Fsp3) is 0.286. The Bertz CT molecular complexity index is 594. The van der Waals surface area contributed by atoms with Crippen molar-refractivity contribution in [1.82, 2.24) is 9.13 Å². The normalized spacial score (nSPS) is 10.6. The smallest absolute Gasteiger partial charge is 0.250 e. The van der Waals surface area contributed by atoms with Crippen LogP contribution in [0.5, 0.6) is 0 Å². The molecule has 0 unspecified atom stereocenters. The summed E-state index contributed by atoms with van der Waals surface area (Å²) in [5.74, 6) is 1.75. The van der Waals surface area contributed by atoms with E-state index in [0.29, 0.717) is 13.1 Å². The molecule has 106 valence electrons. The maximum absolute atomic E-state index is 11.5. The first-order valence-corrected chi connectivity index (χ1v) is 8.81. The number of nitrogens with zero attached hydrogens (tertiary/aromatic N) is 2. The fourth-order valence-electron chi connectivity index (χ4n) is 1.68. The number of aromatic nitrogens is 2. The first kappa shape index (κ1) is 15.0. The average molecular weight is 308 g/mol. The van der Waals surface area contributed by atoms with Crippen molar-refractivity contribution in [1.29, 1.82) is 0 Å². The van der Waals surface area contributed by atoms with Crippen molar-refractivity contribution in [2.24, 2.45) is 0 Å². The monoisotopic (exact) mass is 308 g/mol. The third kappa shape index (κ3) is 4.61. The van der Waals surface area contributed by atoms with Gasteiger partial charge in [0.2, 0.25) is 0 Å². The van der Waals surface area contributed by atoms with Crippen LogP contribution >= 0.6 is 21.6 Å². The Morgan fingerprint density at radius 3 is 1.60 bits per heavy atom. The molecule has 0 aromatic carbocycles. The molecule has 2 heterocycles. The van der Waals surface area contributed by atoms with Crippen LogP contribution in [-0.4, -0.2) is 20.6 Å². The summed E-state index contributed by atoms with van der Waals surface area (Å²) in [6.07, 6.45) is 3.61. The van der Waals surface area contributed by atoms with E-state index in [1.54, 1.807) is 67.4 Å². The molecule has 2 rings (SSSR count). The second-order valence-electron chi connectivity index (χ2n) is 4.11. The summed E-state index contributed by atoms with van der Waals surface area (Å²) in [5, 5.41) is 0. The molecule has 0 atom stereocenters. The molecule has 0 fully saturated rings. The Balaban J connectivity index is 1.65. The van der Waals surface area contributed by atoms with Crippen molar-refractivity contribution < 1.29 is 0 Å². The molecule has 0 radical (unpaired) electrons. The molecular formula is C14H16N2O2S2. The molecule has 0 amide bonds. The maximum atomic E-state index is 11.5. The summed E-state index contributed by atoms with van der Waals surface area (Å²) >= 11 is 0. The highest BCUT2D eigenvalue weighted by molar-refractivity contribution is 8.76. The van der Waals surface area contributed by atoms with Crippen LogP contribution in [0.25, 0.3) is 0 Å². The fourth-order valence-corrected chi connectivity index (χ4v) is 3.61. The third-order valence-corrected chi connectivity index (χ3v) is 5.08. The van der Waals surface area contributed by atoms with Gasteiger partial charge < -0.3 is 9.13 Å². The van der Waals surface area contributed by atoms with Crippen molar-refractivity contribution in [2.45, 2.75) is 13.1 Å². The molecule has 2 aromatic heterocycles. The number of aryl methyl sites for hydroxylation is 2. The van der Waals surface area contributed by atoms with Crippen LogP contribution in [0.1, 0.15) is 0 Å². The zero-order valence-corrected chi connectivity index (χ0v) is 12.6. The van der Waals surface area contributed by atoms with Gasteiger partial charge in [-0.05, 0) is 12.1 Å². The second-order valence-corrected chi connectivity index (χ2v) is 6.81. The number of hydrogen-bond acceptors (Lipinski definition) is 4. The van der Waals surface area contributed by atoms with Crippen LogP contribution in [0.4, 0.5) is 0 Å². The first-order chi connectivity index (χ1) is 9.77. The van der Waals surface area contributed by atoms with Crippen LogP contribution in [0.3, 0.4) is 0 Å². The van der Waals surface area contributed by atoms with Crippen molar-refractivity contribution in [3.05, 3.63) is 69.5 Å². The quantitative estimate of drug-likeness (QED) is 0.580. The van der Waals surface area contributed by atoms with Crippen LogP contribution in [0.2, 0.25) is 0 Å². The van der Waals surface area contributed by atoms with E-state index in [9.17, 15) is 9.59 Å². The molecule has 2 aromatic rings. The Morgan fingerprint density at radius 2 is 1.20 bits per heavy atom. The van der Waals surface area contributed by atoms with Crippen molar-refractivity contribution in [3.8, 4) is 0 Å². The van der Waals surface area contributed by atoms with Crippen LogP contribution in [0, 0.1) is 0 Å². The molecule has 0 saturated heterocycles. The molecule has 0 aliphatic heterocycles. The van der Waals surface area contributed by atoms with E-state index in [1.807, 2.05) is 12.1 Å². The van der Waals surface area contributed by atoms with Gasteiger partial charge in [-0.25, -0.2) is 0 Å². The number of pyridine rings is 2. The van der Waals surface area contributed by atoms with Gasteiger partial charge >= 0.3 is 0 Å². The van der Waals surface area contributed by atoms with Gasteiger partial charge in [0.25, 0.3) is 11.1 Å². The van der Waals surface area contributed by atoms with E-state index in [1.165, 1.54) is 0 Å². The van der Waals surface area contributed by atoms with E-state index >= 15 is 0 Å². The van der Waals surface area contributed by atoms with Gasteiger partial charge in [-0.15, -0.1) is 0 Å². The minimum absolute atomic E-state index is 0.0361. The van der Waals surface area contributed by atoms with E-state index in [0.717, 1.165) is 11.5 Å². The Morgan fingerprint density at radius 1 is 0.750 bits per heavy atom. The predicted octanol–water partition coefficient (Wildman–Crippen LogP) is 2.09. The molecule has 0 spiro atoms. The maximum Gasteiger partial charge on any atom is 0.250 e. The molecule has 0 aliphatic carbocycles. The second kappa shape index (κ2) is 8.01. The lowest BCUT2D eigenvalue weighted by Gasteiger charge is -2.05. The average Bonchev–Trinajstić information content (AvgIpc) is 2.46. The van der Waals surface area contributed by atoms with Gasteiger partial charge in [0, 0.05) is 49.1 Å². The van der Waals surface area contributed by atoms with Crippen molar-refractivity contribution >= 4 is 21.6 Å². The van der Waals surface area contributed by atoms with Crippen molar-refractivity contribution in [2.75, 3.05) is 11.5 Å². The lowest BCUT2D eigenvalue weighted by molar-refractivity contribution is 0.734. The van der Waals surface area contributed by atoms with E-state index in [2.05, 4.69) is 0 Å². The van der Waals surface area contributed by atoms with Crippen LogP contribution in [-0.2, 0) is 13.1 Å². The predicted molar refractivity (Wildman–Crippen MR) is 86.3 cm³/mol. The number of rotatable bonds is 7. The third-order valence-electron chi connectivity index (χ3n) is 2.71. The summed E-state index contributed by atoms with van der Waals surface area (Å²) in [7, 11) is 3.45. The first-order valence-electron chi connectivity index (χ1n) is 6.33. The van der Waals surface area contributed by atoms with E-state index < -0.39 is 0 Å². The van der Waals surface area contributed by atoms with Crippen molar-refractivity contribution in [3.63, 3.8) is 0 Å². The highest BCUT2D eigenvalue weighted by atomic mass is 33.1. The van der Waals surface area contributed by atoms with Gasteiger partial charge in [0.1, 0.15) is 0 Å². The SMILES string of the molecule is O=c1ccccn1CCSSCCn1ccccc1=O. The van der Waals surface area contributed by atoms with Gasteiger partial charge in [0.15, 0.2) is 0 Å². The van der Waals surface area contributed by atoms with E-state index in [4.69, 9.17) is 0 Å². The highest BCUT2D eigenvalue weighted by Gasteiger charge is 1.97. The lowest BCUT2D eigenvalue weighted by atomic mass is 10.5.